The number of carbonyl (C=O) groups excluding carboxylic acids is 1. The van der Waals surface area contributed by atoms with Crippen LogP contribution in [0, 0.1) is 0 Å². The van der Waals surface area contributed by atoms with Gasteiger partial charge in [-0.1, -0.05) is 19.9 Å². The van der Waals surface area contributed by atoms with Gasteiger partial charge in [0, 0.05) is 18.2 Å². The van der Waals surface area contributed by atoms with Crippen molar-refractivity contribution in [2.45, 2.75) is 26.8 Å². The summed E-state index contributed by atoms with van der Waals surface area (Å²) in [4.78, 5) is 12.8. The first kappa shape index (κ1) is 15.3. The first-order valence-corrected chi connectivity index (χ1v) is 6.52. The molecule has 1 amide bonds. The van der Waals surface area contributed by atoms with Crippen molar-refractivity contribution in [2.75, 3.05) is 19.7 Å². The fourth-order valence-electron chi connectivity index (χ4n) is 1.73. The molecule has 5 nitrogen and oxygen atoms in total. The van der Waals surface area contributed by atoms with E-state index < -0.39 is 0 Å². The minimum absolute atomic E-state index is 0.177. The summed E-state index contributed by atoms with van der Waals surface area (Å²) in [6.45, 7) is 5.96. The van der Waals surface area contributed by atoms with Crippen LogP contribution in [0.1, 0.15) is 25.8 Å². The van der Waals surface area contributed by atoms with Gasteiger partial charge in [-0.15, -0.1) is 0 Å². The maximum absolute atomic E-state index is 10.9. The summed E-state index contributed by atoms with van der Waals surface area (Å²) in [5.41, 5.74) is 5.93. The van der Waals surface area contributed by atoms with Crippen molar-refractivity contribution in [3.8, 4) is 11.5 Å². The van der Waals surface area contributed by atoms with E-state index >= 15 is 0 Å². The van der Waals surface area contributed by atoms with Gasteiger partial charge in [-0.25, -0.2) is 0 Å². The average molecular weight is 266 g/mol. The molecule has 0 heterocycles. The third kappa shape index (κ3) is 5.18. The van der Waals surface area contributed by atoms with E-state index in [1.54, 1.807) is 6.07 Å². The second-order valence-electron chi connectivity index (χ2n) is 4.41. The Morgan fingerprint density at radius 2 is 2.16 bits per heavy atom. The lowest BCUT2D eigenvalue weighted by Gasteiger charge is -2.19. The summed E-state index contributed by atoms with van der Waals surface area (Å²) < 4.78 is 5.44. The topological polar surface area (TPSA) is 75.8 Å². The van der Waals surface area contributed by atoms with Crippen molar-refractivity contribution >= 4 is 5.91 Å². The third-order valence-electron chi connectivity index (χ3n) is 2.75. The molecule has 0 spiro atoms. The number of phenols is 1. The summed E-state index contributed by atoms with van der Waals surface area (Å²) >= 11 is 0. The van der Waals surface area contributed by atoms with Gasteiger partial charge in [0.2, 0.25) is 5.91 Å². The molecule has 0 atom stereocenters. The Balaban J connectivity index is 2.70. The Bertz CT molecular complexity index is 421. The fraction of sp³-hybridized carbons (Fsp3) is 0.500. The molecule has 1 aromatic rings. The molecule has 3 N–H and O–H groups in total. The van der Waals surface area contributed by atoms with E-state index in [1.165, 1.54) is 0 Å². The number of benzene rings is 1. The molecular weight excluding hydrogens is 244 g/mol. The minimum Gasteiger partial charge on any atom is -0.507 e. The van der Waals surface area contributed by atoms with Gasteiger partial charge in [-0.2, -0.15) is 0 Å². The van der Waals surface area contributed by atoms with Gasteiger partial charge in [-0.05, 0) is 19.0 Å². The molecule has 19 heavy (non-hydrogen) atoms. The average Bonchev–Trinajstić information content (AvgIpc) is 2.37. The smallest absolute Gasteiger partial charge is 0.231 e. The number of aromatic hydroxyl groups is 1. The molecule has 0 saturated heterocycles. The first-order chi connectivity index (χ1) is 9.06. The van der Waals surface area contributed by atoms with Crippen LogP contribution in [-0.4, -0.2) is 35.6 Å². The van der Waals surface area contributed by atoms with E-state index in [4.69, 9.17) is 10.5 Å². The summed E-state index contributed by atoms with van der Waals surface area (Å²) in [7, 11) is 0. The third-order valence-corrected chi connectivity index (χ3v) is 2.75. The van der Waals surface area contributed by atoms with Crippen molar-refractivity contribution in [3.63, 3.8) is 0 Å². The molecule has 0 bridgehead atoms. The predicted molar refractivity (Wildman–Crippen MR) is 74.0 cm³/mol. The van der Waals surface area contributed by atoms with Crippen LogP contribution in [0.3, 0.4) is 0 Å². The molecule has 0 aliphatic rings. The van der Waals surface area contributed by atoms with Crippen LogP contribution < -0.4 is 10.5 Å². The van der Waals surface area contributed by atoms with E-state index in [0.29, 0.717) is 25.4 Å². The number of amides is 1. The summed E-state index contributed by atoms with van der Waals surface area (Å²) in [6, 6.07) is 5.23. The molecular formula is C14H22N2O3. The number of carbonyl (C=O) groups is 1. The Kier molecular flexibility index (Phi) is 6.15. The van der Waals surface area contributed by atoms with Gasteiger partial charge in [0.1, 0.15) is 11.5 Å². The minimum atomic E-state index is -0.371. The van der Waals surface area contributed by atoms with Crippen LogP contribution in [0.2, 0.25) is 0 Å². The van der Waals surface area contributed by atoms with Crippen molar-refractivity contribution in [3.05, 3.63) is 23.8 Å². The van der Waals surface area contributed by atoms with E-state index in [9.17, 15) is 9.90 Å². The lowest BCUT2D eigenvalue weighted by molar-refractivity contribution is -0.119. The van der Waals surface area contributed by atoms with Gasteiger partial charge < -0.3 is 15.6 Å². The summed E-state index contributed by atoms with van der Waals surface area (Å²) in [6.07, 6.45) is 0.921. The molecule has 0 aromatic heterocycles. The fourth-order valence-corrected chi connectivity index (χ4v) is 1.73. The van der Waals surface area contributed by atoms with Crippen molar-refractivity contribution < 1.29 is 14.6 Å². The predicted octanol–water partition coefficient (Wildman–Crippen LogP) is 1.49. The number of nitrogens with zero attached hydrogens (tertiary/aromatic N) is 1. The highest BCUT2D eigenvalue weighted by Gasteiger charge is 2.10. The molecule has 0 aliphatic carbocycles. The number of nitrogens with two attached hydrogens (primary N) is 1. The quantitative estimate of drug-likeness (QED) is 0.747. The zero-order valence-corrected chi connectivity index (χ0v) is 11.6. The first-order valence-electron chi connectivity index (χ1n) is 6.52. The zero-order chi connectivity index (χ0) is 14.3. The lowest BCUT2D eigenvalue weighted by Crippen LogP contribution is -2.33. The van der Waals surface area contributed by atoms with Crippen LogP contribution in [0.5, 0.6) is 11.5 Å². The second-order valence-corrected chi connectivity index (χ2v) is 4.41. The Labute approximate surface area is 114 Å². The van der Waals surface area contributed by atoms with Gasteiger partial charge in [0.15, 0.2) is 0 Å². The second kappa shape index (κ2) is 7.63. The van der Waals surface area contributed by atoms with Crippen LogP contribution >= 0.6 is 0 Å². The highest BCUT2D eigenvalue weighted by molar-refractivity contribution is 5.75. The Hall–Kier alpha value is -1.75. The number of hydrogen-bond acceptors (Lipinski definition) is 4. The van der Waals surface area contributed by atoms with Gasteiger partial charge >= 0.3 is 0 Å². The SMILES string of the molecule is CCCOc1ccc(CN(CC)CC(N)=O)c(O)c1. The van der Waals surface area contributed by atoms with Gasteiger partial charge in [0.05, 0.1) is 13.2 Å². The molecule has 0 saturated carbocycles. The summed E-state index contributed by atoms with van der Waals surface area (Å²) in [5, 5.41) is 9.95. The molecule has 0 fully saturated rings. The van der Waals surface area contributed by atoms with E-state index in [-0.39, 0.29) is 18.2 Å². The van der Waals surface area contributed by atoms with E-state index in [0.717, 1.165) is 12.0 Å². The molecule has 5 heteroatoms. The number of hydrogen-bond donors (Lipinski definition) is 2. The maximum Gasteiger partial charge on any atom is 0.231 e. The molecule has 0 unspecified atom stereocenters. The largest absolute Gasteiger partial charge is 0.507 e. The van der Waals surface area contributed by atoms with Crippen LogP contribution in [-0.2, 0) is 11.3 Å². The monoisotopic (exact) mass is 266 g/mol. The molecule has 106 valence electrons. The number of rotatable bonds is 8. The number of primary amides is 1. The standard InChI is InChI=1S/C14H22N2O3/c1-3-7-19-12-6-5-11(13(17)8-12)9-16(4-2)10-14(15)18/h5-6,8,17H,3-4,7,9-10H2,1-2H3,(H2,15,18). The van der Waals surface area contributed by atoms with Crippen molar-refractivity contribution in [1.29, 1.82) is 0 Å². The Morgan fingerprint density at radius 3 is 2.68 bits per heavy atom. The molecule has 1 rings (SSSR count). The maximum atomic E-state index is 10.9. The van der Waals surface area contributed by atoms with Crippen molar-refractivity contribution in [2.24, 2.45) is 5.73 Å². The number of likely N-dealkylation sites (N-methyl/N-ethyl adjacent to an activating group) is 1. The number of ether oxygens (including phenoxy) is 1. The van der Waals surface area contributed by atoms with Crippen LogP contribution in [0.4, 0.5) is 0 Å². The van der Waals surface area contributed by atoms with Crippen LogP contribution in [0.15, 0.2) is 18.2 Å². The van der Waals surface area contributed by atoms with Gasteiger partial charge in [-0.3, -0.25) is 9.69 Å². The normalized spacial score (nSPS) is 10.7. The lowest BCUT2D eigenvalue weighted by atomic mass is 10.1. The van der Waals surface area contributed by atoms with E-state index in [1.807, 2.05) is 30.9 Å². The highest BCUT2D eigenvalue weighted by Crippen LogP contribution is 2.24. The molecule has 1 aromatic carbocycles. The highest BCUT2D eigenvalue weighted by atomic mass is 16.5. The van der Waals surface area contributed by atoms with Gasteiger partial charge in [0.25, 0.3) is 0 Å². The molecule has 0 aliphatic heterocycles. The van der Waals surface area contributed by atoms with E-state index in [2.05, 4.69) is 0 Å². The van der Waals surface area contributed by atoms with Crippen molar-refractivity contribution in [1.82, 2.24) is 4.90 Å². The number of phenolic OH excluding ortho intramolecular Hbond substituents is 1. The zero-order valence-electron chi connectivity index (χ0n) is 11.6. The Morgan fingerprint density at radius 1 is 1.42 bits per heavy atom. The summed E-state index contributed by atoms with van der Waals surface area (Å²) in [5.74, 6) is 0.460. The molecule has 0 radical (unpaired) electrons. The van der Waals surface area contributed by atoms with Crippen LogP contribution in [0.25, 0.3) is 0 Å².